The number of methoxy groups -OCH3 is 1. The Balaban J connectivity index is 0.00000364. The fourth-order valence-electron chi connectivity index (χ4n) is 2.36. The lowest BCUT2D eigenvalue weighted by Gasteiger charge is -2.12. The lowest BCUT2D eigenvalue weighted by atomic mass is 10.1. The number of hydrogen-bond acceptors (Lipinski definition) is 3. The van der Waals surface area contributed by atoms with Gasteiger partial charge in [-0.15, -0.1) is 24.0 Å². The summed E-state index contributed by atoms with van der Waals surface area (Å²) in [5.41, 5.74) is 2.28. The van der Waals surface area contributed by atoms with Crippen molar-refractivity contribution in [1.82, 2.24) is 16.0 Å². The van der Waals surface area contributed by atoms with Crippen molar-refractivity contribution < 1.29 is 9.53 Å². The minimum Gasteiger partial charge on any atom is -0.497 e. The van der Waals surface area contributed by atoms with E-state index in [0.29, 0.717) is 12.5 Å². The molecule has 7 heteroatoms. The first-order valence-electron chi connectivity index (χ1n) is 8.59. The molecule has 2 rings (SSSR count). The number of halogens is 1. The molecule has 0 aromatic heterocycles. The molecular weight excluding hydrogens is 455 g/mol. The zero-order chi connectivity index (χ0) is 18.6. The number of guanidine groups is 1. The van der Waals surface area contributed by atoms with Gasteiger partial charge < -0.3 is 20.7 Å². The maximum absolute atomic E-state index is 11.9. The molecule has 0 aliphatic heterocycles. The Bertz CT molecular complexity index is 706. The van der Waals surface area contributed by atoms with Crippen LogP contribution >= 0.6 is 24.0 Å². The number of benzene rings is 2. The molecule has 0 radical (unpaired) electrons. The van der Waals surface area contributed by atoms with Crippen LogP contribution in [0, 0.1) is 0 Å². The van der Waals surface area contributed by atoms with Crippen LogP contribution in [0.25, 0.3) is 0 Å². The van der Waals surface area contributed by atoms with Crippen molar-refractivity contribution >= 4 is 35.8 Å². The summed E-state index contributed by atoms with van der Waals surface area (Å²) in [6.45, 7) is 1.41. The zero-order valence-corrected chi connectivity index (χ0v) is 18.0. The molecule has 2 aromatic carbocycles. The summed E-state index contributed by atoms with van der Waals surface area (Å²) < 4.78 is 5.15. The highest BCUT2D eigenvalue weighted by Crippen LogP contribution is 2.11. The second-order valence-corrected chi connectivity index (χ2v) is 5.71. The van der Waals surface area contributed by atoms with E-state index < -0.39 is 0 Å². The van der Waals surface area contributed by atoms with E-state index in [4.69, 9.17) is 4.74 Å². The van der Waals surface area contributed by atoms with Crippen LogP contribution in [0.15, 0.2) is 59.6 Å². The highest BCUT2D eigenvalue weighted by molar-refractivity contribution is 14.0. The largest absolute Gasteiger partial charge is 0.497 e. The third-order valence-electron chi connectivity index (χ3n) is 3.84. The number of ether oxygens (including phenoxy) is 1. The van der Waals surface area contributed by atoms with Gasteiger partial charge in [0.1, 0.15) is 5.75 Å². The summed E-state index contributed by atoms with van der Waals surface area (Å²) in [6.07, 6.45) is 0.852. The first-order chi connectivity index (χ1) is 12.7. The van der Waals surface area contributed by atoms with E-state index in [1.165, 1.54) is 5.56 Å². The number of amides is 1. The third kappa shape index (κ3) is 8.76. The Morgan fingerprint density at radius 2 is 1.67 bits per heavy atom. The van der Waals surface area contributed by atoms with Gasteiger partial charge >= 0.3 is 0 Å². The number of carbonyl (C=O) groups is 1. The molecule has 0 aliphatic rings. The summed E-state index contributed by atoms with van der Waals surface area (Å²) >= 11 is 0. The highest BCUT2D eigenvalue weighted by Gasteiger charge is 2.03. The fraction of sp³-hybridized carbons (Fsp3) is 0.300. The first kappa shape index (κ1) is 22.8. The Morgan fingerprint density at radius 3 is 2.30 bits per heavy atom. The summed E-state index contributed by atoms with van der Waals surface area (Å²) in [6, 6.07) is 17.8. The van der Waals surface area contributed by atoms with Crippen LogP contribution in [0.2, 0.25) is 0 Å². The first-order valence-corrected chi connectivity index (χ1v) is 8.59. The highest BCUT2D eigenvalue weighted by atomic mass is 127. The predicted molar refractivity (Wildman–Crippen MR) is 120 cm³/mol. The molecule has 6 nitrogen and oxygen atoms in total. The van der Waals surface area contributed by atoms with E-state index >= 15 is 0 Å². The van der Waals surface area contributed by atoms with E-state index in [0.717, 1.165) is 24.3 Å². The standard InChI is InChI=1S/C20H26N4O2.HI/c1-21-20(22-13-12-16-8-10-18(26-2)11-9-16)24-15-19(25)23-14-17-6-4-3-5-7-17;/h3-11H,12-15H2,1-2H3,(H,23,25)(H2,21,22,24);1H. The van der Waals surface area contributed by atoms with E-state index in [1.807, 2.05) is 54.6 Å². The van der Waals surface area contributed by atoms with Gasteiger partial charge in [0.05, 0.1) is 13.7 Å². The van der Waals surface area contributed by atoms with Gasteiger partial charge in [-0.1, -0.05) is 42.5 Å². The Labute approximate surface area is 177 Å². The molecule has 0 fully saturated rings. The summed E-state index contributed by atoms with van der Waals surface area (Å²) in [4.78, 5) is 16.1. The van der Waals surface area contributed by atoms with Gasteiger partial charge in [-0.3, -0.25) is 9.79 Å². The molecule has 146 valence electrons. The molecule has 0 bridgehead atoms. The predicted octanol–water partition coefficient (Wildman–Crippen LogP) is 2.34. The molecule has 0 unspecified atom stereocenters. The monoisotopic (exact) mass is 482 g/mol. The molecule has 0 aliphatic carbocycles. The van der Waals surface area contributed by atoms with E-state index in [1.54, 1.807) is 14.2 Å². The Hall–Kier alpha value is -2.29. The maximum atomic E-state index is 11.9. The van der Waals surface area contributed by atoms with Gasteiger partial charge in [0.2, 0.25) is 5.91 Å². The van der Waals surface area contributed by atoms with Gasteiger partial charge in [0.25, 0.3) is 0 Å². The molecule has 0 spiro atoms. The quantitative estimate of drug-likeness (QED) is 0.307. The van der Waals surface area contributed by atoms with E-state index in [2.05, 4.69) is 20.9 Å². The second kappa shape index (κ2) is 13.0. The van der Waals surface area contributed by atoms with Gasteiger partial charge in [0.15, 0.2) is 5.96 Å². The van der Waals surface area contributed by atoms with Crippen LogP contribution in [-0.2, 0) is 17.8 Å². The van der Waals surface area contributed by atoms with Crippen molar-refractivity contribution in [1.29, 1.82) is 0 Å². The zero-order valence-electron chi connectivity index (χ0n) is 15.7. The van der Waals surface area contributed by atoms with Gasteiger partial charge in [0, 0.05) is 20.1 Å². The lowest BCUT2D eigenvalue weighted by Crippen LogP contribution is -2.43. The number of hydrogen-bond donors (Lipinski definition) is 3. The third-order valence-corrected chi connectivity index (χ3v) is 3.84. The number of carbonyl (C=O) groups excluding carboxylic acids is 1. The van der Waals surface area contributed by atoms with Crippen LogP contribution in [0.3, 0.4) is 0 Å². The van der Waals surface area contributed by atoms with Crippen molar-refractivity contribution in [2.24, 2.45) is 4.99 Å². The van der Waals surface area contributed by atoms with E-state index in [9.17, 15) is 4.79 Å². The fourth-order valence-corrected chi connectivity index (χ4v) is 2.36. The summed E-state index contributed by atoms with van der Waals surface area (Å²) in [7, 11) is 3.34. The maximum Gasteiger partial charge on any atom is 0.239 e. The molecule has 0 saturated heterocycles. The normalized spacial score (nSPS) is 10.5. The van der Waals surface area contributed by atoms with Crippen molar-refractivity contribution in [3.05, 3.63) is 65.7 Å². The smallest absolute Gasteiger partial charge is 0.239 e. The van der Waals surface area contributed by atoms with Crippen molar-refractivity contribution in [3.63, 3.8) is 0 Å². The molecule has 2 aromatic rings. The topological polar surface area (TPSA) is 74.8 Å². The molecule has 1 amide bonds. The molecule has 0 saturated carbocycles. The minimum absolute atomic E-state index is 0. The Kier molecular flexibility index (Phi) is 10.9. The SMILES string of the molecule is CN=C(NCCc1ccc(OC)cc1)NCC(=O)NCc1ccccc1.I. The van der Waals surface area contributed by atoms with Gasteiger partial charge in [-0.2, -0.15) is 0 Å². The molecule has 27 heavy (non-hydrogen) atoms. The van der Waals surface area contributed by atoms with Gasteiger partial charge in [-0.25, -0.2) is 0 Å². The van der Waals surface area contributed by atoms with Crippen molar-refractivity contribution in [3.8, 4) is 5.75 Å². The summed E-state index contributed by atoms with van der Waals surface area (Å²) in [5.74, 6) is 1.38. The lowest BCUT2D eigenvalue weighted by molar-refractivity contribution is -0.120. The van der Waals surface area contributed by atoms with Gasteiger partial charge in [-0.05, 0) is 29.7 Å². The van der Waals surface area contributed by atoms with Crippen molar-refractivity contribution in [2.75, 3.05) is 27.2 Å². The number of rotatable bonds is 8. The Morgan fingerprint density at radius 1 is 0.963 bits per heavy atom. The molecule has 0 atom stereocenters. The average Bonchev–Trinajstić information content (AvgIpc) is 2.70. The number of nitrogens with zero attached hydrogens (tertiary/aromatic N) is 1. The van der Waals surface area contributed by atoms with Crippen LogP contribution < -0.4 is 20.7 Å². The minimum atomic E-state index is -0.0769. The summed E-state index contributed by atoms with van der Waals surface area (Å²) in [5, 5.41) is 9.10. The van der Waals surface area contributed by atoms with Crippen LogP contribution in [0.5, 0.6) is 5.75 Å². The number of aliphatic imine (C=N–C) groups is 1. The van der Waals surface area contributed by atoms with Crippen LogP contribution in [-0.4, -0.2) is 39.1 Å². The molecule has 3 N–H and O–H groups in total. The second-order valence-electron chi connectivity index (χ2n) is 5.71. The molecule has 0 heterocycles. The van der Waals surface area contributed by atoms with Crippen LogP contribution in [0.4, 0.5) is 0 Å². The average molecular weight is 482 g/mol. The van der Waals surface area contributed by atoms with E-state index in [-0.39, 0.29) is 36.4 Å². The van der Waals surface area contributed by atoms with Crippen LogP contribution in [0.1, 0.15) is 11.1 Å². The number of nitrogens with one attached hydrogen (secondary N) is 3. The molecular formula is C20H27IN4O2. The van der Waals surface area contributed by atoms with Crippen molar-refractivity contribution in [2.45, 2.75) is 13.0 Å².